The van der Waals surface area contributed by atoms with Gasteiger partial charge in [0.25, 0.3) is 0 Å². The van der Waals surface area contributed by atoms with Gasteiger partial charge in [-0.1, -0.05) is 0 Å². The highest BCUT2D eigenvalue weighted by molar-refractivity contribution is 7.89. The number of morpholine rings is 1. The summed E-state index contributed by atoms with van der Waals surface area (Å²) >= 11 is 0. The van der Waals surface area contributed by atoms with Crippen LogP contribution in [0.15, 0.2) is 0 Å². The second kappa shape index (κ2) is 5.76. The van der Waals surface area contributed by atoms with Crippen molar-refractivity contribution >= 4 is 15.9 Å². The number of rotatable bonds is 5. The molecule has 1 saturated heterocycles. The Hall–Kier alpha value is -0.660. The molecular formula is C12H22N2O4S. The van der Waals surface area contributed by atoms with Gasteiger partial charge in [0, 0.05) is 25.6 Å². The minimum absolute atomic E-state index is 0.0149. The third-order valence-corrected chi connectivity index (χ3v) is 5.19. The van der Waals surface area contributed by atoms with Crippen molar-refractivity contribution in [2.75, 3.05) is 25.4 Å². The number of amides is 1. The number of hydrogen-bond acceptors (Lipinski definition) is 4. The lowest BCUT2D eigenvalue weighted by Gasteiger charge is -2.34. The molecule has 1 heterocycles. The van der Waals surface area contributed by atoms with Crippen LogP contribution in [-0.4, -0.2) is 56.2 Å². The highest BCUT2D eigenvalue weighted by Gasteiger charge is 2.32. The van der Waals surface area contributed by atoms with Crippen LogP contribution >= 0.6 is 0 Å². The molecule has 0 unspecified atom stereocenters. The number of carbonyl (C=O) groups is 1. The third-order valence-electron chi connectivity index (χ3n) is 3.39. The lowest BCUT2D eigenvalue weighted by atomic mass is 10.3. The van der Waals surface area contributed by atoms with Gasteiger partial charge in [-0.25, -0.2) is 8.42 Å². The molecule has 0 aromatic heterocycles. The average Bonchev–Trinajstić information content (AvgIpc) is 3.10. The van der Waals surface area contributed by atoms with E-state index in [1.54, 1.807) is 0 Å². The topological polar surface area (TPSA) is 75.7 Å². The Balaban J connectivity index is 1.81. The molecule has 6 nitrogen and oxygen atoms in total. The van der Waals surface area contributed by atoms with E-state index in [0.29, 0.717) is 13.1 Å². The van der Waals surface area contributed by atoms with Crippen LogP contribution in [0.4, 0.5) is 0 Å². The van der Waals surface area contributed by atoms with E-state index in [0.717, 1.165) is 12.8 Å². The van der Waals surface area contributed by atoms with Crippen LogP contribution in [0.5, 0.6) is 0 Å². The monoisotopic (exact) mass is 290 g/mol. The quantitative estimate of drug-likeness (QED) is 0.770. The Morgan fingerprint density at radius 3 is 2.37 bits per heavy atom. The molecular weight excluding hydrogens is 268 g/mol. The van der Waals surface area contributed by atoms with E-state index in [4.69, 9.17) is 4.74 Å². The Labute approximate surface area is 114 Å². The molecule has 110 valence electrons. The van der Waals surface area contributed by atoms with E-state index in [-0.39, 0.29) is 36.3 Å². The van der Waals surface area contributed by atoms with Crippen LogP contribution < -0.4 is 5.32 Å². The zero-order chi connectivity index (χ0) is 14.0. The average molecular weight is 290 g/mol. The molecule has 1 aliphatic heterocycles. The van der Waals surface area contributed by atoms with Crippen molar-refractivity contribution in [1.82, 2.24) is 9.62 Å². The standard InChI is InChI=1S/C12H22N2O4S/c1-9-7-14(8-10(2)18-9)19(16,17)6-5-13-12(15)11-3-4-11/h9-11H,3-8H2,1-2H3,(H,13,15)/t9-,10-/m0/s1. The van der Waals surface area contributed by atoms with Crippen molar-refractivity contribution in [3.05, 3.63) is 0 Å². The van der Waals surface area contributed by atoms with Crippen molar-refractivity contribution in [2.45, 2.75) is 38.9 Å². The summed E-state index contributed by atoms with van der Waals surface area (Å²) in [4.78, 5) is 11.4. The summed E-state index contributed by atoms with van der Waals surface area (Å²) in [5, 5.41) is 2.69. The fraction of sp³-hybridized carbons (Fsp3) is 0.917. The van der Waals surface area contributed by atoms with Crippen LogP contribution in [0, 0.1) is 5.92 Å². The van der Waals surface area contributed by atoms with Crippen LogP contribution in [0.3, 0.4) is 0 Å². The molecule has 19 heavy (non-hydrogen) atoms. The maximum Gasteiger partial charge on any atom is 0.223 e. The number of sulfonamides is 1. The molecule has 1 N–H and O–H groups in total. The molecule has 0 aromatic rings. The minimum atomic E-state index is -3.31. The molecule has 2 rings (SSSR count). The normalized spacial score (nSPS) is 29.2. The van der Waals surface area contributed by atoms with E-state index in [2.05, 4.69) is 5.32 Å². The van der Waals surface area contributed by atoms with E-state index in [1.165, 1.54) is 4.31 Å². The van der Waals surface area contributed by atoms with Gasteiger partial charge in [-0.05, 0) is 26.7 Å². The molecule has 0 radical (unpaired) electrons. The highest BCUT2D eigenvalue weighted by atomic mass is 32.2. The highest BCUT2D eigenvalue weighted by Crippen LogP contribution is 2.28. The van der Waals surface area contributed by atoms with Crippen LogP contribution in [-0.2, 0) is 19.6 Å². The van der Waals surface area contributed by atoms with Crippen molar-refractivity contribution in [3.8, 4) is 0 Å². The van der Waals surface area contributed by atoms with Gasteiger partial charge in [-0.3, -0.25) is 4.79 Å². The zero-order valence-electron chi connectivity index (χ0n) is 11.5. The van der Waals surface area contributed by atoms with Crippen molar-refractivity contribution in [2.24, 2.45) is 5.92 Å². The molecule has 0 aromatic carbocycles. The van der Waals surface area contributed by atoms with E-state index >= 15 is 0 Å². The molecule has 2 atom stereocenters. The first kappa shape index (κ1) is 14.7. The summed E-state index contributed by atoms with van der Waals surface area (Å²) in [6.45, 7) is 4.71. The molecule has 1 saturated carbocycles. The molecule has 0 spiro atoms. The lowest BCUT2D eigenvalue weighted by molar-refractivity contribution is -0.122. The van der Waals surface area contributed by atoms with Crippen LogP contribution in [0.2, 0.25) is 0 Å². The zero-order valence-corrected chi connectivity index (χ0v) is 12.3. The first-order chi connectivity index (χ1) is 8.88. The van der Waals surface area contributed by atoms with Gasteiger partial charge < -0.3 is 10.1 Å². The van der Waals surface area contributed by atoms with Crippen molar-refractivity contribution in [1.29, 1.82) is 0 Å². The Morgan fingerprint density at radius 2 is 1.84 bits per heavy atom. The molecule has 7 heteroatoms. The van der Waals surface area contributed by atoms with Crippen molar-refractivity contribution in [3.63, 3.8) is 0 Å². The summed E-state index contributed by atoms with van der Waals surface area (Å²) in [5.74, 6) is 0.0651. The molecule has 1 amide bonds. The molecule has 2 fully saturated rings. The van der Waals surface area contributed by atoms with Gasteiger partial charge >= 0.3 is 0 Å². The summed E-state index contributed by atoms with van der Waals surface area (Å²) in [6.07, 6.45) is 1.69. The van der Waals surface area contributed by atoms with Crippen molar-refractivity contribution < 1.29 is 17.9 Å². The van der Waals surface area contributed by atoms with E-state index < -0.39 is 10.0 Å². The van der Waals surface area contributed by atoms with Gasteiger partial charge in [0.05, 0.1) is 18.0 Å². The summed E-state index contributed by atoms with van der Waals surface area (Å²) in [7, 11) is -3.31. The third kappa shape index (κ3) is 4.15. The molecule has 0 bridgehead atoms. The SMILES string of the molecule is C[C@H]1CN(S(=O)(=O)CCNC(=O)C2CC2)C[C@H](C)O1. The Kier molecular flexibility index (Phi) is 4.47. The summed E-state index contributed by atoms with van der Waals surface area (Å²) < 4.78 is 31.3. The maximum absolute atomic E-state index is 12.2. The summed E-state index contributed by atoms with van der Waals surface area (Å²) in [5.41, 5.74) is 0. The number of hydrogen-bond donors (Lipinski definition) is 1. The van der Waals surface area contributed by atoms with E-state index in [1.807, 2.05) is 13.8 Å². The number of nitrogens with zero attached hydrogens (tertiary/aromatic N) is 1. The fourth-order valence-corrected chi connectivity index (χ4v) is 3.77. The van der Waals surface area contributed by atoms with Crippen LogP contribution in [0.25, 0.3) is 0 Å². The lowest BCUT2D eigenvalue weighted by Crippen LogP contribution is -2.49. The van der Waals surface area contributed by atoms with Gasteiger partial charge in [-0.2, -0.15) is 4.31 Å². The molecule has 1 aliphatic carbocycles. The van der Waals surface area contributed by atoms with Gasteiger partial charge in [0.15, 0.2) is 0 Å². The number of ether oxygens (including phenoxy) is 1. The second-order valence-electron chi connectivity index (χ2n) is 5.46. The smallest absolute Gasteiger partial charge is 0.223 e. The van der Waals surface area contributed by atoms with E-state index in [9.17, 15) is 13.2 Å². The molecule has 2 aliphatic rings. The van der Waals surface area contributed by atoms with Gasteiger partial charge in [0.2, 0.25) is 15.9 Å². The fourth-order valence-electron chi connectivity index (χ4n) is 2.28. The predicted octanol–water partition coefficient (Wildman–Crippen LogP) is -0.0484. The first-order valence-electron chi connectivity index (χ1n) is 6.79. The van der Waals surface area contributed by atoms with Gasteiger partial charge in [0.1, 0.15) is 0 Å². The Bertz CT molecular complexity index is 423. The minimum Gasteiger partial charge on any atom is -0.373 e. The maximum atomic E-state index is 12.2. The van der Waals surface area contributed by atoms with Crippen LogP contribution in [0.1, 0.15) is 26.7 Å². The number of nitrogens with one attached hydrogen (secondary N) is 1. The number of carbonyl (C=O) groups excluding carboxylic acids is 1. The predicted molar refractivity (Wildman–Crippen MR) is 71.1 cm³/mol. The second-order valence-corrected chi connectivity index (χ2v) is 7.54. The largest absolute Gasteiger partial charge is 0.373 e. The summed E-state index contributed by atoms with van der Waals surface area (Å²) in [6, 6.07) is 0. The van der Waals surface area contributed by atoms with Gasteiger partial charge in [-0.15, -0.1) is 0 Å². The first-order valence-corrected chi connectivity index (χ1v) is 8.40. The Morgan fingerprint density at radius 1 is 1.26 bits per heavy atom.